The average Bonchev–Trinajstić information content (AvgIpc) is 3.34. The SMILES string of the molecule is CCCCCCCCCCCCCCC(=O)C1=NOC(CCCCCCCCCCCCCC)C1. The topological polar surface area (TPSA) is 38.7 Å². The fourth-order valence-corrected chi connectivity index (χ4v) is 5.23. The number of unbranched alkanes of at least 4 members (excludes halogenated alkanes) is 22. The van der Waals surface area contributed by atoms with E-state index in [4.69, 9.17) is 4.84 Å². The zero-order chi connectivity index (χ0) is 25.2. The fraction of sp³-hybridized carbons (Fsp3) is 0.938. The standard InChI is InChI=1S/C32H61NO2/c1-3-5-7-9-11-13-15-17-19-21-23-25-27-30-29-31(33-35-30)32(34)28-26-24-22-20-18-16-14-12-10-8-6-4-2/h30H,3-29H2,1-2H3. The minimum Gasteiger partial charge on any atom is -0.392 e. The summed E-state index contributed by atoms with van der Waals surface area (Å²) >= 11 is 0. The predicted octanol–water partition coefficient (Wildman–Crippen LogP) is 10.9. The number of oxime groups is 1. The summed E-state index contributed by atoms with van der Waals surface area (Å²) < 4.78 is 0. The summed E-state index contributed by atoms with van der Waals surface area (Å²) in [4.78, 5) is 18.0. The Bertz CT molecular complexity index is 502. The van der Waals surface area contributed by atoms with E-state index in [1.54, 1.807) is 0 Å². The highest BCUT2D eigenvalue weighted by molar-refractivity contribution is 6.40. The van der Waals surface area contributed by atoms with E-state index in [0.29, 0.717) is 12.1 Å². The summed E-state index contributed by atoms with van der Waals surface area (Å²) in [5, 5.41) is 4.13. The van der Waals surface area contributed by atoms with Gasteiger partial charge in [-0.1, -0.05) is 160 Å². The maximum atomic E-state index is 12.4. The van der Waals surface area contributed by atoms with E-state index in [1.165, 1.54) is 148 Å². The third-order valence-electron chi connectivity index (χ3n) is 7.69. The lowest BCUT2D eigenvalue weighted by molar-refractivity contribution is -0.113. The molecule has 0 amide bonds. The molecule has 0 aromatic heterocycles. The lowest BCUT2D eigenvalue weighted by atomic mass is 9.99. The van der Waals surface area contributed by atoms with Crippen molar-refractivity contribution in [3.8, 4) is 0 Å². The summed E-state index contributed by atoms with van der Waals surface area (Å²) in [7, 11) is 0. The van der Waals surface area contributed by atoms with E-state index >= 15 is 0 Å². The lowest BCUT2D eigenvalue weighted by Gasteiger charge is -2.07. The number of rotatable bonds is 27. The van der Waals surface area contributed by atoms with Gasteiger partial charge >= 0.3 is 0 Å². The second-order valence-corrected chi connectivity index (χ2v) is 11.2. The van der Waals surface area contributed by atoms with Crippen LogP contribution in [0, 0.1) is 0 Å². The molecule has 3 nitrogen and oxygen atoms in total. The van der Waals surface area contributed by atoms with Crippen LogP contribution in [0.5, 0.6) is 0 Å². The van der Waals surface area contributed by atoms with Crippen LogP contribution in [0.3, 0.4) is 0 Å². The van der Waals surface area contributed by atoms with Crippen LogP contribution in [0.2, 0.25) is 0 Å². The van der Waals surface area contributed by atoms with E-state index in [2.05, 4.69) is 19.0 Å². The molecule has 35 heavy (non-hydrogen) atoms. The zero-order valence-electron chi connectivity index (χ0n) is 23.9. The van der Waals surface area contributed by atoms with Crippen LogP contribution in [0.1, 0.15) is 187 Å². The van der Waals surface area contributed by atoms with Gasteiger partial charge < -0.3 is 4.84 Å². The van der Waals surface area contributed by atoms with Gasteiger partial charge in [-0.2, -0.15) is 0 Å². The van der Waals surface area contributed by atoms with Crippen molar-refractivity contribution in [1.82, 2.24) is 0 Å². The number of carbonyl (C=O) groups is 1. The van der Waals surface area contributed by atoms with E-state index in [1.807, 2.05) is 0 Å². The first-order chi connectivity index (χ1) is 17.3. The predicted molar refractivity (Wildman–Crippen MR) is 153 cm³/mol. The van der Waals surface area contributed by atoms with E-state index in [0.717, 1.165) is 19.3 Å². The van der Waals surface area contributed by atoms with Gasteiger partial charge in [0.1, 0.15) is 11.8 Å². The highest BCUT2D eigenvalue weighted by Gasteiger charge is 2.25. The van der Waals surface area contributed by atoms with Crippen molar-refractivity contribution < 1.29 is 9.63 Å². The molecule has 0 aromatic rings. The van der Waals surface area contributed by atoms with Gasteiger partial charge in [-0.05, 0) is 19.3 Å². The molecular weight excluding hydrogens is 430 g/mol. The Labute approximate surface area is 219 Å². The van der Waals surface area contributed by atoms with Crippen molar-refractivity contribution in [2.75, 3.05) is 0 Å². The first kappa shape index (κ1) is 32.2. The maximum absolute atomic E-state index is 12.4. The van der Waals surface area contributed by atoms with Crippen molar-refractivity contribution in [3.05, 3.63) is 0 Å². The molecule has 1 rings (SSSR count). The quantitative estimate of drug-likeness (QED) is 0.107. The minimum absolute atomic E-state index is 0.152. The molecule has 0 aromatic carbocycles. The van der Waals surface area contributed by atoms with Crippen LogP contribution >= 0.6 is 0 Å². The molecule has 0 radical (unpaired) electrons. The molecule has 0 N–H and O–H groups in total. The number of nitrogens with zero attached hydrogens (tertiary/aromatic N) is 1. The first-order valence-electron chi connectivity index (χ1n) is 16.0. The van der Waals surface area contributed by atoms with Gasteiger partial charge in [-0.15, -0.1) is 0 Å². The van der Waals surface area contributed by atoms with Gasteiger partial charge in [0.05, 0.1) is 0 Å². The van der Waals surface area contributed by atoms with Crippen LogP contribution < -0.4 is 0 Å². The van der Waals surface area contributed by atoms with Gasteiger partial charge in [-0.25, -0.2) is 0 Å². The molecular formula is C32H61NO2. The van der Waals surface area contributed by atoms with Crippen molar-refractivity contribution in [1.29, 1.82) is 0 Å². The second kappa shape index (κ2) is 24.8. The Morgan fingerprint density at radius 2 is 0.971 bits per heavy atom. The van der Waals surface area contributed by atoms with Crippen LogP contribution in [0.25, 0.3) is 0 Å². The van der Waals surface area contributed by atoms with Crippen LogP contribution in [0.15, 0.2) is 5.16 Å². The van der Waals surface area contributed by atoms with E-state index in [-0.39, 0.29) is 11.9 Å². The Kier molecular flexibility index (Phi) is 22.8. The summed E-state index contributed by atoms with van der Waals surface area (Å²) in [5.41, 5.74) is 0.706. The highest BCUT2D eigenvalue weighted by atomic mass is 16.6. The number of hydrogen-bond donors (Lipinski definition) is 0. The molecule has 1 atom stereocenters. The molecule has 1 heterocycles. The van der Waals surface area contributed by atoms with Gasteiger partial charge in [-0.3, -0.25) is 4.79 Å². The second-order valence-electron chi connectivity index (χ2n) is 11.2. The van der Waals surface area contributed by atoms with Crippen LogP contribution in [-0.4, -0.2) is 17.6 Å². The number of Topliss-reactive ketones (excluding diaryl/α,β-unsaturated/α-hetero) is 1. The molecule has 1 aliphatic heterocycles. The monoisotopic (exact) mass is 491 g/mol. The Balaban J connectivity index is 1.85. The summed E-state index contributed by atoms with van der Waals surface area (Å²) in [5.74, 6) is 0.231. The lowest BCUT2D eigenvalue weighted by Crippen LogP contribution is -2.15. The average molecular weight is 492 g/mol. The number of ketones is 1. The van der Waals surface area contributed by atoms with Gasteiger partial charge in [0.15, 0.2) is 5.78 Å². The third-order valence-corrected chi connectivity index (χ3v) is 7.69. The van der Waals surface area contributed by atoms with Crippen LogP contribution in [0.4, 0.5) is 0 Å². The molecule has 0 saturated heterocycles. The molecule has 1 aliphatic rings. The van der Waals surface area contributed by atoms with E-state index < -0.39 is 0 Å². The van der Waals surface area contributed by atoms with Crippen molar-refractivity contribution >= 4 is 11.5 Å². The molecule has 0 fully saturated rings. The highest BCUT2D eigenvalue weighted by Crippen LogP contribution is 2.20. The first-order valence-corrected chi connectivity index (χ1v) is 16.0. The number of hydrogen-bond acceptors (Lipinski definition) is 3. The van der Waals surface area contributed by atoms with Gasteiger partial charge in [0.2, 0.25) is 0 Å². The molecule has 1 unspecified atom stereocenters. The largest absolute Gasteiger partial charge is 0.392 e. The maximum Gasteiger partial charge on any atom is 0.180 e. The van der Waals surface area contributed by atoms with Crippen LogP contribution in [-0.2, 0) is 9.63 Å². The normalized spacial score (nSPS) is 15.4. The Hall–Kier alpha value is -0.860. The third kappa shape index (κ3) is 19.9. The molecule has 3 heteroatoms. The fourth-order valence-electron chi connectivity index (χ4n) is 5.23. The van der Waals surface area contributed by atoms with Crippen molar-refractivity contribution in [2.24, 2.45) is 5.16 Å². The molecule has 0 bridgehead atoms. The smallest absolute Gasteiger partial charge is 0.180 e. The van der Waals surface area contributed by atoms with Gasteiger partial charge in [0.25, 0.3) is 0 Å². The summed E-state index contributed by atoms with van der Waals surface area (Å²) in [6.45, 7) is 4.56. The Morgan fingerprint density at radius 1 is 0.600 bits per heavy atom. The van der Waals surface area contributed by atoms with E-state index in [9.17, 15) is 4.79 Å². The zero-order valence-corrected chi connectivity index (χ0v) is 23.9. The molecule has 0 aliphatic carbocycles. The minimum atomic E-state index is 0.152. The Morgan fingerprint density at radius 3 is 1.40 bits per heavy atom. The number of carbonyl (C=O) groups excluding carboxylic acids is 1. The summed E-state index contributed by atoms with van der Waals surface area (Å²) in [6.07, 6.45) is 35.0. The molecule has 0 saturated carbocycles. The molecule has 0 spiro atoms. The van der Waals surface area contributed by atoms with Crippen molar-refractivity contribution in [3.63, 3.8) is 0 Å². The molecule has 206 valence electrons. The summed E-state index contributed by atoms with van der Waals surface area (Å²) in [6, 6.07) is 0. The van der Waals surface area contributed by atoms with Crippen molar-refractivity contribution in [2.45, 2.75) is 193 Å². The van der Waals surface area contributed by atoms with Gasteiger partial charge in [0, 0.05) is 12.8 Å².